The number of aryl methyl sites for hydroxylation is 1. The zero-order valence-corrected chi connectivity index (χ0v) is 13.3. The van der Waals surface area contributed by atoms with E-state index in [9.17, 15) is 4.79 Å². The Bertz CT molecular complexity index is 631. The van der Waals surface area contributed by atoms with Gasteiger partial charge < -0.3 is 5.32 Å². The van der Waals surface area contributed by atoms with Gasteiger partial charge >= 0.3 is 0 Å². The van der Waals surface area contributed by atoms with Crippen molar-refractivity contribution in [1.82, 2.24) is 10.6 Å². The molecule has 108 valence electrons. The lowest BCUT2D eigenvalue weighted by molar-refractivity contribution is -0.115. The van der Waals surface area contributed by atoms with Gasteiger partial charge in [-0.1, -0.05) is 35.9 Å². The smallest absolute Gasteiger partial charge is 0.250 e. The first-order valence-electron chi connectivity index (χ1n) is 6.49. The van der Waals surface area contributed by atoms with Gasteiger partial charge in [-0.25, -0.2) is 0 Å². The topological polar surface area (TPSA) is 41.1 Å². The first-order chi connectivity index (χ1) is 10.1. The molecule has 0 spiro atoms. The molecule has 0 atom stereocenters. The van der Waals surface area contributed by atoms with E-state index in [1.807, 2.05) is 48.7 Å². The maximum Gasteiger partial charge on any atom is 0.250 e. The van der Waals surface area contributed by atoms with Crippen LogP contribution in [-0.4, -0.2) is 11.0 Å². The number of hydrogen-bond donors (Lipinski definition) is 2. The van der Waals surface area contributed by atoms with Crippen molar-refractivity contribution < 1.29 is 4.79 Å². The number of thiocarbonyl (C=S) groups is 1. The minimum absolute atomic E-state index is 0.237. The molecule has 1 amide bonds. The molecule has 0 saturated heterocycles. The van der Waals surface area contributed by atoms with Crippen LogP contribution in [0.3, 0.4) is 0 Å². The van der Waals surface area contributed by atoms with E-state index in [0.29, 0.717) is 11.7 Å². The van der Waals surface area contributed by atoms with Crippen molar-refractivity contribution in [2.24, 2.45) is 0 Å². The molecule has 0 bridgehead atoms. The molecule has 21 heavy (non-hydrogen) atoms. The van der Waals surface area contributed by atoms with Gasteiger partial charge in [-0.05, 0) is 42.2 Å². The molecule has 0 saturated carbocycles. The van der Waals surface area contributed by atoms with Crippen molar-refractivity contribution in [2.45, 2.75) is 13.5 Å². The first kappa shape index (κ1) is 15.4. The Morgan fingerprint density at radius 1 is 1.29 bits per heavy atom. The Labute approximate surface area is 133 Å². The van der Waals surface area contributed by atoms with Crippen LogP contribution in [0.15, 0.2) is 47.9 Å². The lowest BCUT2D eigenvalue weighted by Crippen LogP contribution is -2.37. The number of thiophene rings is 1. The molecule has 0 fully saturated rings. The number of carbonyl (C=O) groups is 1. The third kappa shape index (κ3) is 5.49. The SMILES string of the molecule is Cc1ccc(/C=C/C(=O)NC(=S)NCc2cccs2)cc1. The minimum Gasteiger partial charge on any atom is -0.357 e. The van der Waals surface area contributed by atoms with E-state index in [2.05, 4.69) is 10.6 Å². The molecule has 3 nitrogen and oxygen atoms in total. The molecule has 0 aliphatic rings. The van der Waals surface area contributed by atoms with Crippen LogP contribution < -0.4 is 10.6 Å². The summed E-state index contributed by atoms with van der Waals surface area (Å²) in [6.45, 7) is 2.65. The fraction of sp³-hybridized carbons (Fsp3) is 0.125. The Kier molecular flexibility index (Phi) is 5.66. The molecule has 0 aliphatic heterocycles. The fourth-order valence-electron chi connectivity index (χ4n) is 1.63. The van der Waals surface area contributed by atoms with Crippen LogP contribution in [0.4, 0.5) is 0 Å². The molecular formula is C16H16N2OS2. The van der Waals surface area contributed by atoms with Gasteiger partial charge in [0, 0.05) is 11.0 Å². The third-order valence-corrected chi connectivity index (χ3v) is 3.87. The summed E-state index contributed by atoms with van der Waals surface area (Å²) in [7, 11) is 0. The van der Waals surface area contributed by atoms with Crippen molar-refractivity contribution in [3.05, 3.63) is 63.9 Å². The van der Waals surface area contributed by atoms with Crippen LogP contribution in [0.25, 0.3) is 6.08 Å². The highest BCUT2D eigenvalue weighted by molar-refractivity contribution is 7.80. The van der Waals surface area contributed by atoms with E-state index in [1.54, 1.807) is 17.4 Å². The molecule has 1 aromatic carbocycles. The van der Waals surface area contributed by atoms with E-state index in [4.69, 9.17) is 12.2 Å². The molecule has 1 aromatic heterocycles. The lowest BCUT2D eigenvalue weighted by Gasteiger charge is -2.06. The van der Waals surface area contributed by atoms with Gasteiger partial charge in [0.15, 0.2) is 5.11 Å². The normalized spacial score (nSPS) is 10.5. The van der Waals surface area contributed by atoms with Gasteiger partial charge in [0.05, 0.1) is 6.54 Å². The highest BCUT2D eigenvalue weighted by atomic mass is 32.1. The Morgan fingerprint density at radius 3 is 2.71 bits per heavy atom. The van der Waals surface area contributed by atoms with E-state index in [1.165, 1.54) is 16.5 Å². The summed E-state index contributed by atoms with van der Waals surface area (Å²) in [6.07, 6.45) is 3.24. The quantitative estimate of drug-likeness (QED) is 0.672. The molecule has 1 heterocycles. The number of carbonyl (C=O) groups excluding carboxylic acids is 1. The summed E-state index contributed by atoms with van der Waals surface area (Å²) in [5, 5.41) is 7.96. The molecule has 2 aromatic rings. The Balaban J connectivity index is 1.78. The van der Waals surface area contributed by atoms with Crippen LogP contribution >= 0.6 is 23.6 Å². The Hall–Kier alpha value is -1.98. The highest BCUT2D eigenvalue weighted by Crippen LogP contribution is 2.07. The van der Waals surface area contributed by atoms with Gasteiger partial charge in [-0.3, -0.25) is 10.1 Å². The first-order valence-corrected chi connectivity index (χ1v) is 7.78. The van der Waals surface area contributed by atoms with E-state index in [-0.39, 0.29) is 5.91 Å². The fourth-order valence-corrected chi connectivity index (χ4v) is 2.45. The van der Waals surface area contributed by atoms with Crippen LogP contribution in [0.1, 0.15) is 16.0 Å². The average molecular weight is 316 g/mol. The second-order valence-corrected chi connectivity index (χ2v) is 5.94. The molecule has 2 N–H and O–H groups in total. The maximum atomic E-state index is 11.7. The van der Waals surface area contributed by atoms with Crippen molar-refractivity contribution in [3.8, 4) is 0 Å². The van der Waals surface area contributed by atoms with Gasteiger partial charge in [0.2, 0.25) is 5.91 Å². The molecule has 5 heteroatoms. The highest BCUT2D eigenvalue weighted by Gasteiger charge is 2.01. The van der Waals surface area contributed by atoms with Crippen LogP contribution in [0.5, 0.6) is 0 Å². The summed E-state index contributed by atoms with van der Waals surface area (Å²) in [5.74, 6) is -0.237. The summed E-state index contributed by atoms with van der Waals surface area (Å²) < 4.78 is 0. The van der Waals surface area contributed by atoms with Gasteiger partial charge in [-0.15, -0.1) is 11.3 Å². The van der Waals surface area contributed by atoms with Crippen LogP contribution in [-0.2, 0) is 11.3 Å². The van der Waals surface area contributed by atoms with E-state index >= 15 is 0 Å². The van der Waals surface area contributed by atoms with Crippen molar-refractivity contribution in [3.63, 3.8) is 0 Å². The predicted molar refractivity (Wildman–Crippen MR) is 92.1 cm³/mol. The number of benzene rings is 1. The summed E-state index contributed by atoms with van der Waals surface area (Å²) >= 11 is 6.72. The summed E-state index contributed by atoms with van der Waals surface area (Å²) in [5.41, 5.74) is 2.17. The zero-order valence-electron chi connectivity index (χ0n) is 11.6. The van der Waals surface area contributed by atoms with Gasteiger partial charge in [-0.2, -0.15) is 0 Å². The lowest BCUT2D eigenvalue weighted by atomic mass is 10.1. The summed E-state index contributed by atoms with van der Waals surface area (Å²) in [4.78, 5) is 12.9. The average Bonchev–Trinajstić information content (AvgIpc) is 2.98. The second kappa shape index (κ2) is 7.71. The summed E-state index contributed by atoms with van der Waals surface area (Å²) in [6, 6.07) is 11.9. The number of amides is 1. The third-order valence-electron chi connectivity index (χ3n) is 2.74. The molecule has 0 unspecified atom stereocenters. The van der Waals surface area contributed by atoms with Gasteiger partial charge in [0.25, 0.3) is 0 Å². The monoisotopic (exact) mass is 316 g/mol. The number of hydrogen-bond acceptors (Lipinski definition) is 3. The predicted octanol–water partition coefficient (Wildman–Crippen LogP) is 3.26. The molecule has 2 rings (SSSR count). The van der Waals surface area contributed by atoms with Crippen molar-refractivity contribution in [2.75, 3.05) is 0 Å². The zero-order chi connectivity index (χ0) is 15.1. The standard InChI is InChI=1S/C16H16N2OS2/c1-12-4-6-13(7-5-12)8-9-15(19)18-16(20)17-11-14-3-2-10-21-14/h2-10H,11H2,1H3,(H2,17,18,19,20)/b9-8+. The number of nitrogens with one attached hydrogen (secondary N) is 2. The molecule has 0 radical (unpaired) electrons. The van der Waals surface area contributed by atoms with E-state index in [0.717, 1.165) is 5.56 Å². The van der Waals surface area contributed by atoms with E-state index < -0.39 is 0 Å². The maximum absolute atomic E-state index is 11.7. The van der Waals surface area contributed by atoms with Crippen molar-refractivity contribution >= 4 is 40.7 Å². The second-order valence-electron chi connectivity index (χ2n) is 4.50. The van der Waals surface area contributed by atoms with Crippen LogP contribution in [0.2, 0.25) is 0 Å². The van der Waals surface area contributed by atoms with Crippen molar-refractivity contribution in [1.29, 1.82) is 0 Å². The Morgan fingerprint density at radius 2 is 2.05 bits per heavy atom. The van der Waals surface area contributed by atoms with Crippen LogP contribution in [0, 0.1) is 6.92 Å². The van der Waals surface area contributed by atoms with Gasteiger partial charge in [0.1, 0.15) is 0 Å². The molecular weight excluding hydrogens is 300 g/mol. The minimum atomic E-state index is -0.237. The molecule has 0 aliphatic carbocycles. The number of rotatable bonds is 4. The largest absolute Gasteiger partial charge is 0.357 e.